The largest absolute Gasteiger partial charge is 0.481 e. The Labute approximate surface area is 158 Å². The Morgan fingerprint density at radius 3 is 2.33 bits per heavy atom. The minimum Gasteiger partial charge on any atom is -0.481 e. The molecule has 2 heterocycles. The number of thiol groups is 1. The summed E-state index contributed by atoms with van der Waals surface area (Å²) in [4.78, 5) is 8.48. The van der Waals surface area contributed by atoms with Crippen molar-refractivity contribution in [3.63, 3.8) is 0 Å². The van der Waals surface area contributed by atoms with Crippen LogP contribution in [0, 0.1) is 0 Å². The first-order valence-electron chi connectivity index (χ1n) is 7.94. The maximum atomic E-state index is 10.4. The van der Waals surface area contributed by atoms with Crippen molar-refractivity contribution in [2.45, 2.75) is 0 Å². The summed E-state index contributed by atoms with van der Waals surface area (Å²) in [6.07, 6.45) is 3.38. The quantitative estimate of drug-likeness (QED) is 0.418. The molecule has 0 saturated carbocycles. The van der Waals surface area contributed by atoms with Crippen molar-refractivity contribution >= 4 is 22.5 Å². The third-order valence-corrected chi connectivity index (χ3v) is 4.18. The van der Waals surface area contributed by atoms with Crippen LogP contribution in [0.1, 0.15) is 0 Å². The summed E-state index contributed by atoms with van der Waals surface area (Å²) < 4.78 is 30.3. The van der Waals surface area contributed by atoms with E-state index in [9.17, 15) is 8.42 Å². The molecule has 27 heavy (non-hydrogen) atoms. The second-order valence-electron chi connectivity index (χ2n) is 5.50. The molecule has 0 bridgehead atoms. The van der Waals surface area contributed by atoms with E-state index in [1.807, 2.05) is 36.4 Å². The molecule has 2 aromatic heterocycles. The van der Waals surface area contributed by atoms with Crippen LogP contribution in [0.2, 0.25) is 0 Å². The molecular formula is C18H18N4O4S. The Morgan fingerprint density at radius 2 is 1.70 bits per heavy atom. The van der Waals surface area contributed by atoms with Gasteiger partial charge in [-0.05, 0) is 29.8 Å². The van der Waals surface area contributed by atoms with Crippen LogP contribution >= 0.6 is 0 Å². The van der Waals surface area contributed by atoms with E-state index >= 15 is 0 Å². The van der Waals surface area contributed by atoms with E-state index < -0.39 is 11.0 Å². The zero-order chi connectivity index (χ0) is 19.2. The third kappa shape index (κ3) is 4.72. The lowest BCUT2D eigenvalue weighted by Gasteiger charge is -2.10. The number of nitrogen functional groups attached to an aromatic ring is 1. The van der Waals surface area contributed by atoms with Crippen LogP contribution < -0.4 is 15.8 Å². The lowest BCUT2D eigenvalue weighted by atomic mass is 10.0. The number of ether oxygens (including phenoxy) is 1. The van der Waals surface area contributed by atoms with Crippen LogP contribution in [-0.4, -0.2) is 32.2 Å². The molecule has 140 valence electrons. The topological polar surface area (TPSA) is 116 Å². The Hall–Kier alpha value is -3.17. The normalized spacial score (nSPS) is 10.7. The zero-order valence-corrected chi connectivity index (χ0v) is 15.3. The van der Waals surface area contributed by atoms with Gasteiger partial charge in [-0.15, -0.1) is 0 Å². The van der Waals surface area contributed by atoms with Gasteiger partial charge < -0.3 is 15.8 Å². The van der Waals surface area contributed by atoms with Gasteiger partial charge in [-0.2, -0.15) is 0 Å². The average Bonchev–Trinajstić information content (AvgIpc) is 2.69. The molecular weight excluding hydrogens is 368 g/mol. The van der Waals surface area contributed by atoms with Crippen LogP contribution in [0.3, 0.4) is 0 Å². The predicted molar refractivity (Wildman–Crippen MR) is 104 cm³/mol. The maximum absolute atomic E-state index is 10.4. The minimum absolute atomic E-state index is 0.115. The fourth-order valence-electron chi connectivity index (χ4n) is 2.47. The molecule has 3 N–H and O–H groups in total. The van der Waals surface area contributed by atoms with Crippen molar-refractivity contribution in [1.29, 1.82) is 0 Å². The standard InChI is InChI=1S/C18H18N4O4S/c1-25-17-7-4-13(9-20-17)16-8-14(10-21-18(16)19)12-2-5-15(6-3-12)22-11-26-27(23)24/h2-10,22,27H,11H2,1H3,(H2,19,21). The summed E-state index contributed by atoms with van der Waals surface area (Å²) in [5.74, 6) is 0.933. The molecule has 0 radical (unpaired) electrons. The van der Waals surface area contributed by atoms with Crippen molar-refractivity contribution < 1.29 is 17.3 Å². The number of nitrogens with zero attached hydrogens (tertiary/aromatic N) is 2. The van der Waals surface area contributed by atoms with Crippen LogP contribution in [-0.2, 0) is 15.2 Å². The molecule has 0 spiro atoms. The van der Waals surface area contributed by atoms with Gasteiger partial charge in [-0.3, -0.25) is 4.18 Å². The van der Waals surface area contributed by atoms with Gasteiger partial charge in [0.1, 0.15) is 12.5 Å². The SMILES string of the molecule is COc1ccc(-c2cc(-c3ccc(NCO[SH](=O)=O)cc3)cnc2N)cn1. The molecule has 9 heteroatoms. The van der Waals surface area contributed by atoms with Gasteiger partial charge in [0.2, 0.25) is 5.88 Å². The first kappa shape index (κ1) is 18.6. The highest BCUT2D eigenvalue weighted by molar-refractivity contribution is 7.67. The van der Waals surface area contributed by atoms with Gasteiger partial charge in [0.25, 0.3) is 11.0 Å². The molecule has 1 aromatic carbocycles. The number of rotatable bonds is 7. The van der Waals surface area contributed by atoms with Crippen LogP contribution in [0.4, 0.5) is 11.5 Å². The van der Waals surface area contributed by atoms with Gasteiger partial charge in [-0.1, -0.05) is 12.1 Å². The monoisotopic (exact) mass is 386 g/mol. The van der Waals surface area contributed by atoms with E-state index in [0.29, 0.717) is 11.7 Å². The summed E-state index contributed by atoms with van der Waals surface area (Å²) in [5, 5.41) is 2.85. The van der Waals surface area contributed by atoms with E-state index in [0.717, 1.165) is 27.9 Å². The second-order valence-corrected chi connectivity index (χ2v) is 6.20. The number of aromatic nitrogens is 2. The van der Waals surface area contributed by atoms with Gasteiger partial charge in [0, 0.05) is 40.8 Å². The third-order valence-electron chi connectivity index (χ3n) is 3.84. The Balaban J connectivity index is 1.82. The lowest BCUT2D eigenvalue weighted by molar-refractivity contribution is 0.360. The van der Waals surface area contributed by atoms with Gasteiger partial charge >= 0.3 is 0 Å². The number of hydrogen-bond acceptors (Lipinski definition) is 8. The second kappa shape index (κ2) is 8.47. The summed E-state index contributed by atoms with van der Waals surface area (Å²) in [7, 11) is -1.31. The minimum atomic E-state index is -2.87. The number of methoxy groups -OCH3 is 1. The molecule has 0 fully saturated rings. The van der Waals surface area contributed by atoms with E-state index in [4.69, 9.17) is 10.5 Å². The lowest BCUT2D eigenvalue weighted by Crippen LogP contribution is -2.04. The van der Waals surface area contributed by atoms with Gasteiger partial charge in [0.15, 0.2) is 0 Å². The predicted octanol–water partition coefficient (Wildman–Crippen LogP) is 2.31. The van der Waals surface area contributed by atoms with Crippen LogP contribution in [0.25, 0.3) is 22.3 Å². The highest BCUT2D eigenvalue weighted by Crippen LogP contribution is 2.30. The Kier molecular flexibility index (Phi) is 5.84. The van der Waals surface area contributed by atoms with E-state index in [2.05, 4.69) is 19.5 Å². The number of anilines is 2. The van der Waals surface area contributed by atoms with Crippen molar-refractivity contribution in [3.05, 3.63) is 54.9 Å². The fourth-order valence-corrected chi connectivity index (χ4v) is 2.64. The maximum Gasteiger partial charge on any atom is 0.258 e. The number of hydrogen-bond donors (Lipinski definition) is 3. The Bertz CT molecular complexity index is 981. The Morgan fingerprint density at radius 1 is 1.00 bits per heavy atom. The van der Waals surface area contributed by atoms with Crippen LogP contribution in [0.5, 0.6) is 5.88 Å². The molecule has 0 aliphatic carbocycles. The molecule has 0 atom stereocenters. The fraction of sp³-hybridized carbons (Fsp3) is 0.111. The van der Waals surface area contributed by atoms with E-state index in [1.165, 1.54) is 0 Å². The molecule has 0 unspecified atom stereocenters. The number of nitrogens with two attached hydrogens (primary N) is 1. The molecule has 3 rings (SSSR count). The first-order chi connectivity index (χ1) is 13.1. The smallest absolute Gasteiger partial charge is 0.258 e. The van der Waals surface area contributed by atoms with Crippen molar-refractivity contribution in [3.8, 4) is 28.1 Å². The number of benzene rings is 1. The van der Waals surface area contributed by atoms with Gasteiger partial charge in [-0.25, -0.2) is 18.4 Å². The van der Waals surface area contributed by atoms with Gasteiger partial charge in [0.05, 0.1) is 7.11 Å². The molecule has 0 aliphatic rings. The van der Waals surface area contributed by atoms with E-state index in [1.54, 1.807) is 25.6 Å². The van der Waals surface area contributed by atoms with Crippen molar-refractivity contribution in [1.82, 2.24) is 9.97 Å². The highest BCUT2D eigenvalue weighted by atomic mass is 32.2. The number of nitrogens with one attached hydrogen (secondary N) is 1. The molecule has 0 saturated heterocycles. The molecule has 0 amide bonds. The first-order valence-corrected chi connectivity index (χ1v) is 9.04. The summed E-state index contributed by atoms with van der Waals surface area (Å²) >= 11 is 0. The molecule has 0 aliphatic heterocycles. The summed E-state index contributed by atoms with van der Waals surface area (Å²) in [6, 6.07) is 13.0. The summed E-state index contributed by atoms with van der Waals surface area (Å²) in [5.41, 5.74) is 10.2. The van der Waals surface area contributed by atoms with E-state index in [-0.39, 0.29) is 6.73 Å². The van der Waals surface area contributed by atoms with Crippen molar-refractivity contribution in [2.24, 2.45) is 0 Å². The van der Waals surface area contributed by atoms with Crippen LogP contribution in [0.15, 0.2) is 54.9 Å². The average molecular weight is 386 g/mol. The molecule has 3 aromatic rings. The highest BCUT2D eigenvalue weighted by Gasteiger charge is 2.08. The van der Waals surface area contributed by atoms with Crippen molar-refractivity contribution in [2.75, 3.05) is 24.9 Å². The summed E-state index contributed by atoms with van der Waals surface area (Å²) in [6.45, 7) is -0.115. The number of pyridine rings is 2. The molecule has 8 nitrogen and oxygen atoms in total. The zero-order valence-electron chi connectivity index (χ0n) is 14.5.